The van der Waals surface area contributed by atoms with Crippen LogP contribution in [0, 0.1) is 0 Å². The highest BCUT2D eigenvalue weighted by molar-refractivity contribution is 7.17. The lowest BCUT2D eigenvalue weighted by Gasteiger charge is -2.23. The van der Waals surface area contributed by atoms with Crippen LogP contribution in [-0.2, 0) is 11.3 Å². The molecule has 3 rings (SSSR count). The lowest BCUT2D eigenvalue weighted by Crippen LogP contribution is -3.12. The number of halogens is 3. The number of rotatable bonds is 4. The van der Waals surface area contributed by atoms with Crippen molar-refractivity contribution in [3.05, 3.63) is 46.8 Å². The van der Waals surface area contributed by atoms with E-state index in [-0.39, 0.29) is 4.88 Å². The average Bonchev–Trinajstić information content (AvgIpc) is 3.04. The van der Waals surface area contributed by atoms with Gasteiger partial charge in [-0.3, -0.25) is 4.79 Å². The Morgan fingerprint density at radius 3 is 2.62 bits per heavy atom. The first-order valence-corrected chi connectivity index (χ1v) is 8.47. The number of quaternary nitrogens is 1. The Hall–Kier alpha value is -1.70. The highest BCUT2D eigenvalue weighted by atomic mass is 32.1. The Labute approximate surface area is 141 Å². The molecule has 0 radical (unpaired) electrons. The largest absolute Gasteiger partial charge is 0.455 e. The molecule has 3 nitrogen and oxygen atoms in total. The summed E-state index contributed by atoms with van der Waals surface area (Å²) in [6, 6.07) is 10.6. The molecule has 0 saturated carbocycles. The van der Waals surface area contributed by atoms with E-state index in [4.69, 9.17) is 4.74 Å². The van der Waals surface area contributed by atoms with E-state index in [0.29, 0.717) is 4.88 Å². The maximum absolute atomic E-state index is 12.5. The number of ketones is 1. The number of morpholine rings is 1. The van der Waals surface area contributed by atoms with Crippen molar-refractivity contribution in [2.24, 2.45) is 0 Å². The number of thiophene rings is 1. The maximum atomic E-state index is 12.5. The second kappa shape index (κ2) is 7.04. The molecule has 1 aromatic heterocycles. The van der Waals surface area contributed by atoms with Gasteiger partial charge in [-0.15, -0.1) is 11.3 Å². The minimum atomic E-state index is -4.83. The quantitative estimate of drug-likeness (QED) is 0.854. The molecule has 0 atom stereocenters. The van der Waals surface area contributed by atoms with Crippen LogP contribution in [-0.4, -0.2) is 38.3 Å². The molecule has 0 aliphatic carbocycles. The van der Waals surface area contributed by atoms with Crippen molar-refractivity contribution in [3.63, 3.8) is 0 Å². The zero-order valence-electron chi connectivity index (χ0n) is 12.9. The van der Waals surface area contributed by atoms with Crippen molar-refractivity contribution in [1.82, 2.24) is 0 Å². The fourth-order valence-electron chi connectivity index (χ4n) is 2.71. The molecule has 0 spiro atoms. The molecule has 1 fully saturated rings. The summed E-state index contributed by atoms with van der Waals surface area (Å²) in [6.45, 7) is 4.27. The Bertz CT molecular complexity index is 721. The van der Waals surface area contributed by atoms with Crippen LogP contribution in [0.15, 0.2) is 36.4 Å². The maximum Gasteiger partial charge on any atom is 0.455 e. The molecule has 0 unspecified atom stereocenters. The average molecular weight is 356 g/mol. The van der Waals surface area contributed by atoms with Crippen LogP contribution in [0.2, 0.25) is 0 Å². The van der Waals surface area contributed by atoms with E-state index in [1.165, 1.54) is 11.0 Å². The SMILES string of the molecule is O=C(c1ccc(-c2cccc(C[NH+]3CCOCC3)c2)s1)C(F)(F)F. The first-order valence-electron chi connectivity index (χ1n) is 7.65. The molecular weight excluding hydrogens is 339 g/mol. The van der Waals surface area contributed by atoms with Crippen molar-refractivity contribution in [2.75, 3.05) is 26.3 Å². The summed E-state index contributed by atoms with van der Waals surface area (Å²) in [5, 5.41) is 0. The number of benzene rings is 1. The van der Waals surface area contributed by atoms with Crippen LogP contribution in [0.5, 0.6) is 0 Å². The third-order valence-corrected chi connectivity index (χ3v) is 5.09. The lowest BCUT2D eigenvalue weighted by molar-refractivity contribution is -0.921. The predicted octanol–water partition coefficient (Wildman–Crippen LogP) is 2.58. The van der Waals surface area contributed by atoms with E-state index in [1.807, 2.05) is 24.3 Å². The smallest absolute Gasteiger partial charge is 0.370 e. The van der Waals surface area contributed by atoms with Crippen LogP contribution < -0.4 is 4.90 Å². The minimum Gasteiger partial charge on any atom is -0.370 e. The van der Waals surface area contributed by atoms with Gasteiger partial charge in [0.2, 0.25) is 0 Å². The molecule has 2 heterocycles. The summed E-state index contributed by atoms with van der Waals surface area (Å²) in [4.78, 5) is 13.1. The Kier molecular flexibility index (Phi) is 5.03. The van der Waals surface area contributed by atoms with Crippen LogP contribution >= 0.6 is 11.3 Å². The summed E-state index contributed by atoms with van der Waals surface area (Å²) in [7, 11) is 0. The number of carbonyl (C=O) groups excluding carboxylic acids is 1. The van der Waals surface area contributed by atoms with Crippen molar-refractivity contribution in [3.8, 4) is 10.4 Å². The van der Waals surface area contributed by atoms with Crippen LogP contribution in [0.3, 0.4) is 0 Å². The number of hydrogen-bond donors (Lipinski definition) is 1. The third-order valence-electron chi connectivity index (χ3n) is 3.95. The summed E-state index contributed by atoms with van der Waals surface area (Å²) in [5.41, 5.74) is 1.97. The summed E-state index contributed by atoms with van der Waals surface area (Å²) in [5.74, 6) is -1.78. The highest BCUT2D eigenvalue weighted by Crippen LogP contribution is 2.32. The molecule has 0 amide bonds. The van der Waals surface area contributed by atoms with Gasteiger partial charge in [0.25, 0.3) is 5.78 Å². The van der Waals surface area contributed by atoms with Gasteiger partial charge < -0.3 is 9.64 Å². The number of nitrogens with one attached hydrogen (secondary N) is 1. The van der Waals surface area contributed by atoms with Crippen molar-refractivity contribution in [1.29, 1.82) is 0 Å². The normalized spacial score (nSPS) is 16.3. The van der Waals surface area contributed by atoms with Gasteiger partial charge in [0, 0.05) is 10.4 Å². The topological polar surface area (TPSA) is 30.7 Å². The van der Waals surface area contributed by atoms with Gasteiger partial charge in [0.05, 0.1) is 18.1 Å². The Morgan fingerprint density at radius 1 is 1.17 bits per heavy atom. The van der Waals surface area contributed by atoms with Gasteiger partial charge in [0.15, 0.2) is 0 Å². The molecule has 1 aromatic carbocycles. The molecule has 1 saturated heterocycles. The standard InChI is InChI=1S/C17H16F3NO2S/c18-17(19,20)16(22)15-5-4-14(24-15)13-3-1-2-12(10-13)11-21-6-8-23-9-7-21/h1-5,10H,6-9,11H2/p+1. The second-order valence-corrected chi connectivity index (χ2v) is 6.81. The predicted molar refractivity (Wildman–Crippen MR) is 85.4 cm³/mol. The monoisotopic (exact) mass is 356 g/mol. The van der Waals surface area contributed by atoms with Gasteiger partial charge in [-0.05, 0) is 23.8 Å². The minimum absolute atomic E-state index is 0.276. The molecule has 24 heavy (non-hydrogen) atoms. The van der Waals surface area contributed by atoms with Crippen molar-refractivity contribution >= 4 is 17.1 Å². The number of carbonyl (C=O) groups is 1. The summed E-state index contributed by atoms with van der Waals surface area (Å²) >= 11 is 0.879. The van der Waals surface area contributed by atoms with E-state index in [0.717, 1.165) is 55.3 Å². The molecule has 1 N–H and O–H groups in total. The number of hydrogen-bond acceptors (Lipinski definition) is 3. The van der Waals surface area contributed by atoms with E-state index >= 15 is 0 Å². The van der Waals surface area contributed by atoms with Gasteiger partial charge in [-0.1, -0.05) is 18.2 Å². The summed E-state index contributed by atoms with van der Waals surface area (Å²) < 4.78 is 42.9. The fourth-order valence-corrected chi connectivity index (χ4v) is 3.68. The van der Waals surface area contributed by atoms with E-state index in [9.17, 15) is 18.0 Å². The zero-order chi connectivity index (χ0) is 17.2. The van der Waals surface area contributed by atoms with E-state index in [2.05, 4.69) is 0 Å². The van der Waals surface area contributed by atoms with Gasteiger partial charge in [-0.2, -0.15) is 13.2 Å². The first-order chi connectivity index (χ1) is 11.4. The molecule has 0 bridgehead atoms. The third kappa shape index (κ3) is 4.03. The van der Waals surface area contributed by atoms with Crippen molar-refractivity contribution < 1.29 is 27.6 Å². The van der Waals surface area contributed by atoms with Gasteiger partial charge >= 0.3 is 6.18 Å². The second-order valence-electron chi connectivity index (χ2n) is 5.73. The highest BCUT2D eigenvalue weighted by Gasteiger charge is 2.40. The van der Waals surface area contributed by atoms with Crippen LogP contribution in [0.1, 0.15) is 15.2 Å². The summed E-state index contributed by atoms with van der Waals surface area (Å²) in [6.07, 6.45) is -4.83. The molecule has 7 heteroatoms. The van der Waals surface area contributed by atoms with E-state index < -0.39 is 12.0 Å². The van der Waals surface area contributed by atoms with E-state index in [1.54, 1.807) is 6.07 Å². The molecule has 128 valence electrons. The van der Waals surface area contributed by atoms with Gasteiger partial charge in [-0.25, -0.2) is 0 Å². The zero-order valence-corrected chi connectivity index (χ0v) is 13.7. The number of ether oxygens (including phenoxy) is 1. The van der Waals surface area contributed by atoms with Gasteiger partial charge in [0.1, 0.15) is 19.6 Å². The molecule has 1 aliphatic rings. The van der Waals surface area contributed by atoms with Crippen LogP contribution in [0.25, 0.3) is 10.4 Å². The van der Waals surface area contributed by atoms with Crippen molar-refractivity contribution in [2.45, 2.75) is 12.7 Å². The van der Waals surface area contributed by atoms with Crippen LogP contribution in [0.4, 0.5) is 13.2 Å². The fraction of sp³-hybridized carbons (Fsp3) is 0.353. The Balaban J connectivity index is 1.76. The first kappa shape index (κ1) is 17.1. The number of Topliss-reactive ketones (excluding diaryl/α,β-unsaturated/α-hetero) is 1. The number of alkyl halides is 3. The molecule has 1 aliphatic heterocycles. The molecule has 2 aromatic rings. The lowest BCUT2D eigenvalue weighted by atomic mass is 10.1. The molecular formula is C17H17F3NO2S+. The Morgan fingerprint density at radius 2 is 1.92 bits per heavy atom.